The van der Waals surface area contributed by atoms with Gasteiger partial charge in [-0.15, -0.1) is 0 Å². The summed E-state index contributed by atoms with van der Waals surface area (Å²) in [6.45, 7) is 5.03. The van der Waals surface area contributed by atoms with E-state index in [1.165, 1.54) is 11.1 Å². The van der Waals surface area contributed by atoms with Gasteiger partial charge in [0.2, 0.25) is 0 Å². The van der Waals surface area contributed by atoms with Crippen LogP contribution in [0.3, 0.4) is 0 Å². The van der Waals surface area contributed by atoms with Gasteiger partial charge in [0.15, 0.2) is 22.5 Å². The molecule has 1 amide bonds. The van der Waals surface area contributed by atoms with Gasteiger partial charge in [-0.1, -0.05) is 96.5 Å². The molecular formula is C42H48ClN6O3+. The predicted octanol–water partition coefficient (Wildman–Crippen LogP) is 7.43. The Kier molecular flexibility index (Phi) is 12.6. The van der Waals surface area contributed by atoms with Crippen molar-refractivity contribution in [2.75, 3.05) is 37.6 Å². The van der Waals surface area contributed by atoms with Crippen molar-refractivity contribution in [3.63, 3.8) is 0 Å². The van der Waals surface area contributed by atoms with E-state index < -0.39 is 0 Å². The number of quaternary nitrogens is 1. The summed E-state index contributed by atoms with van der Waals surface area (Å²) in [6, 6.07) is 37.3. The summed E-state index contributed by atoms with van der Waals surface area (Å²) < 4.78 is 12.9. The molecule has 4 aromatic carbocycles. The zero-order chi connectivity index (χ0) is 36.2. The van der Waals surface area contributed by atoms with Crippen LogP contribution in [0.4, 0.5) is 11.6 Å². The lowest BCUT2D eigenvalue weighted by Gasteiger charge is -2.45. The highest BCUT2D eigenvalue weighted by Gasteiger charge is 2.35. The smallest absolute Gasteiger partial charge is 0.274 e. The molecule has 0 spiro atoms. The van der Waals surface area contributed by atoms with Crippen LogP contribution in [0.2, 0.25) is 5.15 Å². The van der Waals surface area contributed by atoms with Crippen LogP contribution in [-0.4, -0.2) is 52.6 Å². The number of rotatable bonds is 16. The second kappa shape index (κ2) is 17.9. The van der Waals surface area contributed by atoms with Crippen LogP contribution in [0.5, 0.6) is 11.5 Å². The van der Waals surface area contributed by atoms with E-state index >= 15 is 0 Å². The highest BCUT2D eigenvalue weighted by atomic mass is 35.5. The number of hydrogen-bond donors (Lipinski definition) is 3. The number of carbonyl (C=O) groups is 1. The SMILES string of the molecule is Nc1nc(N)c(C(=O)NC2CCC[N+](CCCc3ccc(OCc4ccccc4)cc3)(CCCc3ccc(OCc4ccccc4)cc3)C2)nc1Cl. The standard InChI is InChI=1S/C42H47ClN6O3/c43-39-41(45)48-40(44)38(47-39)42(50)46-35-16-9-27-49(28-35,25-7-14-31-17-21-36(22-18-31)51-29-33-10-3-1-4-11-33)26-8-15-32-19-23-37(24-20-32)52-30-34-12-5-2-6-13-34/h1-6,10-13,17-24,35H,7-9,14-16,25-30H2,(H4-,44,45,46,48,50)/p+1. The lowest BCUT2D eigenvalue weighted by atomic mass is 9.99. The number of aryl methyl sites for hydroxylation is 2. The van der Waals surface area contributed by atoms with Gasteiger partial charge in [-0.25, -0.2) is 9.97 Å². The third-order valence-corrected chi connectivity index (χ3v) is 10.1. The molecule has 5 aromatic rings. The van der Waals surface area contributed by atoms with Crippen LogP contribution in [0.1, 0.15) is 58.4 Å². The first-order valence-corrected chi connectivity index (χ1v) is 18.5. The van der Waals surface area contributed by atoms with Crippen molar-refractivity contribution >= 4 is 29.1 Å². The summed E-state index contributed by atoms with van der Waals surface area (Å²) in [5, 5.41) is 3.16. The molecule has 1 aliphatic rings. The highest BCUT2D eigenvalue weighted by Crippen LogP contribution is 2.25. The van der Waals surface area contributed by atoms with Crippen molar-refractivity contribution in [1.29, 1.82) is 0 Å². The van der Waals surface area contributed by atoms with Gasteiger partial charge in [-0.2, -0.15) is 0 Å². The summed E-state index contributed by atoms with van der Waals surface area (Å²) in [5.74, 6) is 1.35. The molecule has 0 radical (unpaired) electrons. The second-order valence-corrected chi connectivity index (χ2v) is 14.0. The molecule has 0 bridgehead atoms. The Morgan fingerprint density at radius 2 is 1.23 bits per heavy atom. The molecule has 1 atom stereocenters. The van der Waals surface area contributed by atoms with Crippen LogP contribution in [-0.2, 0) is 26.1 Å². The van der Waals surface area contributed by atoms with Crippen molar-refractivity contribution in [2.24, 2.45) is 0 Å². The highest BCUT2D eigenvalue weighted by molar-refractivity contribution is 6.31. The molecule has 0 saturated carbocycles. The molecule has 1 aromatic heterocycles. The number of nitrogen functional groups attached to an aromatic ring is 2. The molecule has 1 unspecified atom stereocenters. The number of carbonyl (C=O) groups excluding carboxylic acids is 1. The zero-order valence-corrected chi connectivity index (χ0v) is 30.3. The molecular weight excluding hydrogens is 672 g/mol. The number of anilines is 2. The lowest BCUT2D eigenvalue weighted by molar-refractivity contribution is -0.933. The Labute approximate surface area is 311 Å². The monoisotopic (exact) mass is 719 g/mol. The minimum absolute atomic E-state index is 0.00719. The van der Waals surface area contributed by atoms with E-state index in [0.717, 1.165) is 91.8 Å². The molecule has 0 aliphatic carbocycles. The quantitative estimate of drug-likeness (QED) is 0.0907. The summed E-state index contributed by atoms with van der Waals surface area (Å²) in [7, 11) is 0. The molecule has 5 N–H and O–H groups in total. The van der Waals surface area contributed by atoms with Crippen molar-refractivity contribution < 1.29 is 18.8 Å². The number of nitrogens with one attached hydrogen (secondary N) is 1. The summed E-state index contributed by atoms with van der Waals surface area (Å²) in [5.41, 5.74) is 16.6. The summed E-state index contributed by atoms with van der Waals surface area (Å²) >= 11 is 6.08. The third kappa shape index (κ3) is 10.5. The number of hydrogen-bond acceptors (Lipinski definition) is 7. The molecule has 1 aliphatic heterocycles. The maximum absolute atomic E-state index is 13.3. The number of ether oxygens (including phenoxy) is 2. The average molecular weight is 720 g/mol. The molecule has 270 valence electrons. The Morgan fingerprint density at radius 3 is 1.75 bits per heavy atom. The van der Waals surface area contributed by atoms with Crippen molar-refractivity contribution in [2.45, 2.75) is 57.8 Å². The average Bonchev–Trinajstić information content (AvgIpc) is 3.16. The minimum Gasteiger partial charge on any atom is -0.489 e. The van der Waals surface area contributed by atoms with Gasteiger partial charge in [0.05, 0.1) is 32.2 Å². The first-order valence-electron chi connectivity index (χ1n) is 18.1. The lowest BCUT2D eigenvalue weighted by Crippen LogP contribution is -2.60. The summed E-state index contributed by atoms with van der Waals surface area (Å²) in [6.07, 6.45) is 5.90. The maximum atomic E-state index is 13.3. The summed E-state index contributed by atoms with van der Waals surface area (Å²) in [4.78, 5) is 21.4. The topological polar surface area (TPSA) is 125 Å². The number of piperidine rings is 1. The Hall–Kier alpha value is -5.12. The number of nitrogens with two attached hydrogens (primary N) is 2. The largest absolute Gasteiger partial charge is 0.489 e. The Bertz CT molecular complexity index is 1780. The molecule has 9 nitrogen and oxygen atoms in total. The predicted molar refractivity (Wildman–Crippen MR) is 207 cm³/mol. The first-order chi connectivity index (χ1) is 25.3. The van der Waals surface area contributed by atoms with Crippen LogP contribution >= 0.6 is 11.6 Å². The Morgan fingerprint density at radius 1 is 0.712 bits per heavy atom. The van der Waals surface area contributed by atoms with Crippen LogP contribution in [0.25, 0.3) is 0 Å². The van der Waals surface area contributed by atoms with Crippen LogP contribution < -0.4 is 26.3 Å². The number of halogens is 1. The molecule has 2 heterocycles. The van der Waals surface area contributed by atoms with Gasteiger partial charge in [0, 0.05) is 12.8 Å². The third-order valence-electron chi connectivity index (χ3n) is 9.79. The maximum Gasteiger partial charge on any atom is 0.274 e. The second-order valence-electron chi connectivity index (χ2n) is 13.7. The molecule has 6 rings (SSSR count). The van der Waals surface area contributed by atoms with Crippen LogP contribution in [0.15, 0.2) is 109 Å². The van der Waals surface area contributed by atoms with Crippen molar-refractivity contribution in [1.82, 2.24) is 15.3 Å². The number of amides is 1. The van der Waals surface area contributed by atoms with Gasteiger partial charge in [-0.05, 0) is 72.2 Å². The van der Waals surface area contributed by atoms with E-state index in [9.17, 15) is 4.79 Å². The molecule has 1 saturated heterocycles. The van der Waals surface area contributed by atoms with E-state index in [2.05, 4.69) is 88.1 Å². The van der Waals surface area contributed by atoms with Gasteiger partial charge in [-0.3, -0.25) is 4.79 Å². The van der Waals surface area contributed by atoms with Gasteiger partial charge in [0.25, 0.3) is 5.91 Å². The number of benzene rings is 4. The van der Waals surface area contributed by atoms with E-state index in [-0.39, 0.29) is 34.4 Å². The minimum atomic E-state index is -0.374. The fourth-order valence-electron chi connectivity index (χ4n) is 7.05. The van der Waals surface area contributed by atoms with Crippen molar-refractivity contribution in [3.05, 3.63) is 142 Å². The van der Waals surface area contributed by atoms with Gasteiger partial charge >= 0.3 is 0 Å². The normalized spacial score (nSPS) is 15.1. The number of aromatic nitrogens is 2. The number of likely N-dealkylation sites (tertiary alicyclic amines) is 1. The van der Waals surface area contributed by atoms with E-state index in [1.54, 1.807) is 0 Å². The zero-order valence-electron chi connectivity index (χ0n) is 29.6. The Balaban J connectivity index is 1.06. The molecule has 10 heteroatoms. The van der Waals surface area contributed by atoms with Gasteiger partial charge < -0.3 is 30.7 Å². The first kappa shape index (κ1) is 36.7. The van der Waals surface area contributed by atoms with E-state index in [4.69, 9.17) is 32.5 Å². The van der Waals surface area contributed by atoms with Crippen LogP contribution in [0, 0.1) is 0 Å². The van der Waals surface area contributed by atoms with E-state index in [0.29, 0.717) is 13.2 Å². The van der Waals surface area contributed by atoms with Gasteiger partial charge in [0.1, 0.15) is 24.7 Å². The fourth-order valence-corrected chi connectivity index (χ4v) is 7.17. The van der Waals surface area contributed by atoms with E-state index in [1.807, 2.05) is 36.4 Å². The molecule has 1 fully saturated rings. The van der Waals surface area contributed by atoms with Crippen molar-refractivity contribution in [3.8, 4) is 11.5 Å². The molecule has 52 heavy (non-hydrogen) atoms. The fraction of sp³-hybridized carbons (Fsp3) is 0.310. The number of nitrogens with zero attached hydrogens (tertiary/aromatic N) is 3.